The van der Waals surface area contributed by atoms with Crippen LogP contribution >= 0.6 is 22.6 Å². The van der Waals surface area contributed by atoms with Gasteiger partial charge in [0.15, 0.2) is 0 Å². The summed E-state index contributed by atoms with van der Waals surface area (Å²) in [4.78, 5) is 10.7. The number of hydrogen-bond donors (Lipinski definition) is 2. The van der Waals surface area contributed by atoms with Crippen LogP contribution in [-0.4, -0.2) is 25.7 Å². The van der Waals surface area contributed by atoms with Crippen LogP contribution in [0.15, 0.2) is 0 Å². The van der Waals surface area contributed by atoms with Gasteiger partial charge >= 0.3 is 5.97 Å². The summed E-state index contributed by atoms with van der Waals surface area (Å²) in [5.74, 6) is -0.779. The van der Waals surface area contributed by atoms with E-state index in [1.807, 2.05) is 29.5 Å². The second-order valence-corrected chi connectivity index (χ2v) is 5.84. The highest BCUT2D eigenvalue weighted by molar-refractivity contribution is 14.1. The van der Waals surface area contributed by atoms with Gasteiger partial charge in [-0.2, -0.15) is 0 Å². The number of rotatable bonds is 6. The highest BCUT2D eigenvalue weighted by Crippen LogP contribution is 2.25. The quantitative estimate of drug-likeness (QED) is 0.584. The molecule has 78 valence electrons. The molecule has 0 heterocycles. The molecule has 0 aliphatic heterocycles. The van der Waals surface area contributed by atoms with Gasteiger partial charge in [0.1, 0.15) is 3.42 Å². The summed E-state index contributed by atoms with van der Waals surface area (Å²) in [6.45, 7) is 3.62. The number of carbonyl (C=O) groups is 1. The Kier molecular flexibility index (Phi) is 5.87. The van der Waals surface area contributed by atoms with Gasteiger partial charge in [0.05, 0.1) is 6.10 Å². The van der Waals surface area contributed by atoms with Crippen molar-refractivity contribution in [3.05, 3.63) is 0 Å². The Balaban J connectivity index is 3.70. The normalized spacial score (nSPS) is 17.8. The summed E-state index contributed by atoms with van der Waals surface area (Å²) in [6, 6.07) is 0. The Morgan fingerprint density at radius 2 is 2.15 bits per heavy atom. The van der Waals surface area contributed by atoms with Gasteiger partial charge in [-0.05, 0) is 32.6 Å². The third-order valence-electron chi connectivity index (χ3n) is 2.10. The molecule has 3 nitrogen and oxygen atoms in total. The molecule has 2 N–H and O–H groups in total. The van der Waals surface area contributed by atoms with Gasteiger partial charge in [-0.3, -0.25) is 4.79 Å². The summed E-state index contributed by atoms with van der Waals surface area (Å²) >= 11 is 1.94. The number of carboxylic acids is 1. The van der Waals surface area contributed by atoms with E-state index in [0.29, 0.717) is 12.8 Å². The van der Waals surface area contributed by atoms with Crippen molar-refractivity contribution in [2.75, 3.05) is 0 Å². The van der Waals surface area contributed by atoms with Crippen molar-refractivity contribution < 1.29 is 15.0 Å². The minimum atomic E-state index is -0.779. The van der Waals surface area contributed by atoms with Crippen LogP contribution in [0, 0.1) is 0 Å². The molecule has 0 rings (SSSR count). The summed E-state index contributed by atoms with van der Waals surface area (Å²) in [6.07, 6.45) is 2.54. The zero-order chi connectivity index (χ0) is 10.5. The molecule has 0 bridgehead atoms. The fourth-order valence-electron chi connectivity index (χ4n) is 0.981. The first-order chi connectivity index (χ1) is 5.90. The maximum Gasteiger partial charge on any atom is 0.319 e. The Bertz CT molecular complexity index is 168. The van der Waals surface area contributed by atoms with E-state index in [-0.39, 0.29) is 6.10 Å². The van der Waals surface area contributed by atoms with Crippen LogP contribution in [0.25, 0.3) is 0 Å². The molecule has 0 fully saturated rings. The second-order valence-electron chi connectivity index (χ2n) is 3.46. The third-order valence-corrected chi connectivity index (χ3v) is 3.10. The van der Waals surface area contributed by atoms with Crippen molar-refractivity contribution >= 4 is 28.6 Å². The fraction of sp³-hybridized carbons (Fsp3) is 0.889. The molecule has 0 saturated carbocycles. The van der Waals surface area contributed by atoms with Crippen LogP contribution in [0.2, 0.25) is 0 Å². The fourth-order valence-corrected chi connectivity index (χ4v) is 1.36. The van der Waals surface area contributed by atoms with E-state index in [9.17, 15) is 9.90 Å². The molecule has 2 unspecified atom stereocenters. The minimum Gasteiger partial charge on any atom is -0.480 e. The molecule has 0 aliphatic rings. The molecular weight excluding hydrogens is 283 g/mol. The topological polar surface area (TPSA) is 57.5 Å². The molecule has 0 aliphatic carbocycles. The first kappa shape index (κ1) is 13.2. The first-order valence-electron chi connectivity index (χ1n) is 4.50. The van der Waals surface area contributed by atoms with Gasteiger partial charge < -0.3 is 10.2 Å². The van der Waals surface area contributed by atoms with Crippen molar-refractivity contribution in [3.8, 4) is 0 Å². The number of carboxylic acid groups (broad SMARTS) is 1. The molecule has 0 aromatic rings. The van der Waals surface area contributed by atoms with E-state index < -0.39 is 9.39 Å². The Morgan fingerprint density at radius 1 is 1.62 bits per heavy atom. The van der Waals surface area contributed by atoms with Gasteiger partial charge in [-0.25, -0.2) is 0 Å². The van der Waals surface area contributed by atoms with Crippen molar-refractivity contribution in [1.29, 1.82) is 0 Å². The number of aliphatic hydroxyl groups is 1. The van der Waals surface area contributed by atoms with Crippen molar-refractivity contribution in [1.82, 2.24) is 0 Å². The van der Waals surface area contributed by atoms with Gasteiger partial charge in [-0.1, -0.05) is 29.5 Å². The monoisotopic (exact) mass is 300 g/mol. The zero-order valence-electron chi connectivity index (χ0n) is 8.09. The van der Waals surface area contributed by atoms with E-state index >= 15 is 0 Å². The van der Waals surface area contributed by atoms with E-state index in [1.165, 1.54) is 0 Å². The van der Waals surface area contributed by atoms with E-state index in [2.05, 4.69) is 0 Å². The molecule has 0 spiro atoms. The van der Waals surface area contributed by atoms with E-state index in [4.69, 9.17) is 5.11 Å². The highest BCUT2D eigenvalue weighted by atomic mass is 127. The molecule has 4 heteroatoms. The number of aliphatic hydroxyl groups excluding tert-OH is 1. The average molecular weight is 300 g/mol. The molecule has 2 atom stereocenters. The number of hydrogen-bond acceptors (Lipinski definition) is 2. The van der Waals surface area contributed by atoms with Crippen LogP contribution in [0.3, 0.4) is 0 Å². The van der Waals surface area contributed by atoms with Crippen molar-refractivity contribution in [2.24, 2.45) is 0 Å². The maximum absolute atomic E-state index is 10.7. The molecule has 0 amide bonds. The minimum absolute atomic E-state index is 0.277. The second kappa shape index (κ2) is 5.80. The lowest BCUT2D eigenvalue weighted by Crippen LogP contribution is -2.27. The largest absolute Gasteiger partial charge is 0.480 e. The standard InChI is InChI=1S/C9H17IO3/c1-3-7(11)5-4-6-9(2,10)8(12)13/h7,11H,3-6H2,1-2H3,(H,12,13). The smallest absolute Gasteiger partial charge is 0.319 e. The van der Waals surface area contributed by atoms with Crippen LogP contribution in [0.1, 0.15) is 39.5 Å². The van der Waals surface area contributed by atoms with E-state index in [1.54, 1.807) is 6.92 Å². The Labute approximate surface area is 92.7 Å². The van der Waals surface area contributed by atoms with Gasteiger partial charge in [0.25, 0.3) is 0 Å². The average Bonchev–Trinajstić information content (AvgIpc) is 2.03. The number of alkyl halides is 1. The summed E-state index contributed by atoms with van der Waals surface area (Å²) in [7, 11) is 0. The summed E-state index contributed by atoms with van der Waals surface area (Å²) in [5, 5.41) is 18.0. The molecular formula is C9H17IO3. The molecule has 0 aromatic heterocycles. The maximum atomic E-state index is 10.7. The van der Waals surface area contributed by atoms with Crippen LogP contribution in [-0.2, 0) is 4.79 Å². The van der Waals surface area contributed by atoms with Crippen LogP contribution in [0.4, 0.5) is 0 Å². The van der Waals surface area contributed by atoms with Crippen molar-refractivity contribution in [3.63, 3.8) is 0 Å². The predicted molar refractivity (Wildman–Crippen MR) is 60.2 cm³/mol. The Hall–Kier alpha value is 0.160. The van der Waals surface area contributed by atoms with Crippen LogP contribution < -0.4 is 0 Å². The highest BCUT2D eigenvalue weighted by Gasteiger charge is 2.28. The van der Waals surface area contributed by atoms with E-state index in [0.717, 1.165) is 12.8 Å². The lowest BCUT2D eigenvalue weighted by molar-refractivity contribution is -0.139. The van der Waals surface area contributed by atoms with Gasteiger partial charge in [-0.15, -0.1) is 0 Å². The molecule has 0 saturated heterocycles. The first-order valence-corrected chi connectivity index (χ1v) is 5.58. The van der Waals surface area contributed by atoms with Gasteiger partial charge in [0.2, 0.25) is 0 Å². The summed E-state index contributed by atoms with van der Waals surface area (Å²) < 4.78 is -0.689. The zero-order valence-corrected chi connectivity index (χ0v) is 10.2. The lowest BCUT2D eigenvalue weighted by Gasteiger charge is -2.17. The number of aliphatic carboxylic acids is 1. The lowest BCUT2D eigenvalue weighted by atomic mass is 10.0. The predicted octanol–water partition coefficient (Wildman–Crippen LogP) is 2.21. The SMILES string of the molecule is CCC(O)CCCC(C)(I)C(=O)O. The molecule has 0 radical (unpaired) electrons. The molecule has 0 aromatic carbocycles. The van der Waals surface area contributed by atoms with Crippen molar-refractivity contribution in [2.45, 2.75) is 49.1 Å². The Morgan fingerprint density at radius 3 is 2.54 bits per heavy atom. The third kappa shape index (κ3) is 5.46. The molecule has 13 heavy (non-hydrogen) atoms. The number of halogens is 1. The van der Waals surface area contributed by atoms with Crippen LogP contribution in [0.5, 0.6) is 0 Å². The summed E-state index contributed by atoms with van der Waals surface area (Å²) in [5.41, 5.74) is 0. The van der Waals surface area contributed by atoms with Gasteiger partial charge in [0, 0.05) is 0 Å².